The first-order chi connectivity index (χ1) is 14.5. The van der Waals surface area contributed by atoms with E-state index in [9.17, 15) is 20.2 Å². The number of aliphatic imine (C=N–C) groups is 2. The van der Waals surface area contributed by atoms with Gasteiger partial charge < -0.3 is 4.90 Å². The number of hydrogen-bond donors (Lipinski definition) is 0. The summed E-state index contributed by atoms with van der Waals surface area (Å²) in [5.41, 5.74) is 2.01. The maximum Gasteiger partial charge on any atom is 0.294 e. The summed E-state index contributed by atoms with van der Waals surface area (Å²) in [5.74, 6) is 0.364. The second-order valence-electron chi connectivity index (χ2n) is 6.46. The van der Waals surface area contributed by atoms with Gasteiger partial charge in [0.25, 0.3) is 11.4 Å². The van der Waals surface area contributed by atoms with Crippen LogP contribution < -0.4 is 4.90 Å². The van der Waals surface area contributed by atoms with Crippen LogP contribution in [0.1, 0.15) is 5.56 Å². The van der Waals surface area contributed by atoms with E-state index in [1.807, 2.05) is 24.3 Å². The quantitative estimate of drug-likeness (QED) is 0.460. The van der Waals surface area contributed by atoms with Gasteiger partial charge in [-0.25, -0.2) is 9.98 Å². The third kappa shape index (κ3) is 3.28. The Morgan fingerprint density at radius 3 is 1.83 bits per heavy atom. The molecule has 0 aromatic heterocycles. The first kappa shape index (κ1) is 18.9. The number of anilines is 1. The Balaban J connectivity index is 1.95. The van der Waals surface area contributed by atoms with Crippen LogP contribution in [0.3, 0.4) is 0 Å². The molecule has 4 rings (SSSR count). The zero-order chi connectivity index (χ0) is 21.3. The first-order valence-electron chi connectivity index (χ1n) is 8.95. The smallest absolute Gasteiger partial charge is 0.294 e. The molecule has 1 aliphatic heterocycles. The summed E-state index contributed by atoms with van der Waals surface area (Å²) in [6.45, 7) is 0. The number of nitro groups is 2. The minimum Gasteiger partial charge on any atom is -0.327 e. The second-order valence-corrected chi connectivity index (χ2v) is 6.46. The number of nitro benzene ring substituents is 2. The van der Waals surface area contributed by atoms with Crippen LogP contribution in [-0.4, -0.2) is 28.4 Å². The van der Waals surface area contributed by atoms with E-state index in [4.69, 9.17) is 0 Å². The summed E-state index contributed by atoms with van der Waals surface area (Å²) < 4.78 is 0. The molecule has 3 aromatic rings. The van der Waals surface area contributed by atoms with Crippen molar-refractivity contribution in [3.63, 3.8) is 0 Å². The van der Waals surface area contributed by atoms with E-state index in [2.05, 4.69) is 9.98 Å². The van der Waals surface area contributed by atoms with E-state index in [-0.39, 0.29) is 22.7 Å². The average Bonchev–Trinajstić information content (AvgIpc) is 3.00. The number of para-hydroxylation sites is 5. The highest BCUT2D eigenvalue weighted by molar-refractivity contribution is 6.57. The molecular weight excluding hydrogens is 386 g/mol. The highest BCUT2D eigenvalue weighted by Crippen LogP contribution is 2.35. The molecule has 1 aliphatic rings. The molecule has 0 radical (unpaired) electrons. The Kier molecular flexibility index (Phi) is 4.77. The summed E-state index contributed by atoms with van der Waals surface area (Å²) >= 11 is 0. The molecule has 0 amide bonds. The van der Waals surface area contributed by atoms with Gasteiger partial charge in [-0.2, -0.15) is 0 Å². The van der Waals surface area contributed by atoms with Crippen molar-refractivity contribution in [3.05, 3.63) is 98.6 Å². The molecule has 148 valence electrons. The highest BCUT2D eigenvalue weighted by Gasteiger charge is 2.31. The summed E-state index contributed by atoms with van der Waals surface area (Å²) in [5, 5.41) is 22.8. The van der Waals surface area contributed by atoms with Crippen LogP contribution in [0, 0.1) is 20.2 Å². The van der Waals surface area contributed by atoms with Crippen molar-refractivity contribution >= 4 is 40.0 Å². The summed E-state index contributed by atoms with van der Waals surface area (Å²) in [4.78, 5) is 32.7. The average molecular weight is 401 g/mol. The van der Waals surface area contributed by atoms with Gasteiger partial charge in [-0.15, -0.1) is 0 Å². The van der Waals surface area contributed by atoms with Crippen LogP contribution in [0.4, 0.5) is 28.4 Å². The summed E-state index contributed by atoms with van der Waals surface area (Å²) in [6, 6.07) is 19.7. The Hall–Kier alpha value is -4.40. The minimum atomic E-state index is -0.500. The maximum atomic E-state index is 11.4. The zero-order valence-electron chi connectivity index (χ0n) is 15.8. The molecule has 0 unspecified atom stereocenters. The van der Waals surface area contributed by atoms with E-state index in [1.54, 1.807) is 48.3 Å². The van der Waals surface area contributed by atoms with Gasteiger partial charge in [0.1, 0.15) is 17.1 Å². The van der Waals surface area contributed by atoms with Gasteiger partial charge in [-0.1, -0.05) is 42.5 Å². The lowest BCUT2D eigenvalue weighted by atomic mass is 10.1. The van der Waals surface area contributed by atoms with Gasteiger partial charge in [0.05, 0.1) is 15.5 Å². The normalized spacial score (nSPS) is 15.4. The fraction of sp³-hybridized carbons (Fsp3) is 0.0476. The molecule has 0 fully saturated rings. The lowest BCUT2D eigenvalue weighted by Gasteiger charge is -2.13. The maximum absolute atomic E-state index is 11.4. The van der Waals surface area contributed by atoms with Gasteiger partial charge in [-0.3, -0.25) is 20.2 Å². The zero-order valence-corrected chi connectivity index (χ0v) is 15.8. The molecular formula is C21H15N5O4. The summed E-state index contributed by atoms with van der Waals surface area (Å²) in [6.07, 6.45) is 0. The van der Waals surface area contributed by atoms with Crippen molar-refractivity contribution in [3.8, 4) is 0 Å². The van der Waals surface area contributed by atoms with E-state index < -0.39 is 9.85 Å². The third-order valence-electron chi connectivity index (χ3n) is 4.67. The van der Waals surface area contributed by atoms with Crippen LogP contribution in [0.15, 0.2) is 82.8 Å². The number of benzene rings is 3. The van der Waals surface area contributed by atoms with Crippen molar-refractivity contribution in [1.29, 1.82) is 0 Å². The largest absolute Gasteiger partial charge is 0.327 e. The van der Waals surface area contributed by atoms with Gasteiger partial charge in [-0.05, 0) is 18.2 Å². The fourth-order valence-corrected chi connectivity index (χ4v) is 3.26. The minimum absolute atomic E-state index is 0.137. The molecule has 0 atom stereocenters. The molecule has 9 nitrogen and oxygen atoms in total. The summed E-state index contributed by atoms with van der Waals surface area (Å²) in [7, 11) is 1.77. The predicted molar refractivity (Wildman–Crippen MR) is 114 cm³/mol. The van der Waals surface area contributed by atoms with Crippen LogP contribution >= 0.6 is 0 Å². The lowest BCUT2D eigenvalue weighted by Crippen LogP contribution is -2.26. The van der Waals surface area contributed by atoms with Gasteiger partial charge in [0.15, 0.2) is 5.84 Å². The van der Waals surface area contributed by atoms with Crippen molar-refractivity contribution in [2.45, 2.75) is 0 Å². The Bertz CT molecular complexity index is 1240. The topological polar surface area (TPSA) is 114 Å². The van der Waals surface area contributed by atoms with E-state index in [0.29, 0.717) is 11.5 Å². The molecule has 3 aromatic carbocycles. The Morgan fingerprint density at radius 2 is 1.23 bits per heavy atom. The number of rotatable bonds is 4. The number of fused-ring (bicyclic) bond motifs is 1. The number of hydrogen-bond acceptors (Lipinski definition) is 6. The van der Waals surface area contributed by atoms with Crippen molar-refractivity contribution in [2.75, 3.05) is 11.9 Å². The molecule has 0 saturated heterocycles. The van der Waals surface area contributed by atoms with Crippen molar-refractivity contribution < 1.29 is 9.85 Å². The van der Waals surface area contributed by atoms with Gasteiger partial charge in [0, 0.05) is 24.7 Å². The molecule has 30 heavy (non-hydrogen) atoms. The van der Waals surface area contributed by atoms with E-state index in [0.717, 1.165) is 11.3 Å². The molecule has 0 bridgehead atoms. The first-order valence-corrected chi connectivity index (χ1v) is 8.95. The standard InChI is InChI=1S/C21H15N5O4/c1-24-17-11-5-2-8-14(17)20(22-15-9-3-6-12-18(15)25(27)28)21(24)23-16-10-4-7-13-19(16)26(29)30/h2-13H,1H3. The third-order valence-corrected chi connectivity index (χ3v) is 4.67. The molecule has 0 spiro atoms. The Labute approximate surface area is 170 Å². The van der Waals surface area contributed by atoms with Crippen molar-refractivity contribution in [2.24, 2.45) is 9.98 Å². The van der Waals surface area contributed by atoms with Crippen molar-refractivity contribution in [1.82, 2.24) is 0 Å². The Morgan fingerprint density at radius 1 is 0.733 bits per heavy atom. The van der Waals surface area contributed by atoms with Crippen LogP contribution in [-0.2, 0) is 0 Å². The predicted octanol–water partition coefficient (Wildman–Crippen LogP) is 4.80. The SMILES string of the molecule is CN1C(=Nc2ccccc2[N+](=O)[O-])C(=Nc2ccccc2[N+](=O)[O-])c2ccccc21. The molecule has 0 saturated carbocycles. The second kappa shape index (κ2) is 7.55. The van der Waals surface area contributed by atoms with Crippen LogP contribution in [0.25, 0.3) is 0 Å². The highest BCUT2D eigenvalue weighted by atomic mass is 16.6. The molecule has 1 heterocycles. The monoisotopic (exact) mass is 401 g/mol. The molecule has 9 heteroatoms. The number of likely N-dealkylation sites (N-methyl/N-ethyl adjacent to an activating group) is 1. The van der Waals surface area contributed by atoms with Gasteiger partial charge >= 0.3 is 0 Å². The lowest BCUT2D eigenvalue weighted by molar-refractivity contribution is -0.384. The molecule has 0 aliphatic carbocycles. The van der Waals surface area contributed by atoms with Gasteiger partial charge in [0.2, 0.25) is 0 Å². The van der Waals surface area contributed by atoms with E-state index >= 15 is 0 Å². The number of amidine groups is 1. The molecule has 0 N–H and O–H groups in total. The number of nitrogens with zero attached hydrogens (tertiary/aromatic N) is 5. The van der Waals surface area contributed by atoms with Crippen LogP contribution in [0.5, 0.6) is 0 Å². The fourth-order valence-electron chi connectivity index (χ4n) is 3.26. The van der Waals surface area contributed by atoms with E-state index in [1.165, 1.54) is 12.1 Å². The van der Waals surface area contributed by atoms with Crippen LogP contribution in [0.2, 0.25) is 0 Å².